The van der Waals surface area contributed by atoms with Crippen LogP contribution in [0.2, 0.25) is 0 Å². The molecule has 2 rings (SSSR count). The second-order valence-electron chi connectivity index (χ2n) is 9.15. The Morgan fingerprint density at radius 3 is 1.88 bits per heavy atom. The molecule has 0 atom stereocenters. The van der Waals surface area contributed by atoms with E-state index in [1.807, 2.05) is 0 Å². The summed E-state index contributed by atoms with van der Waals surface area (Å²) >= 11 is 1.57. The van der Waals surface area contributed by atoms with Crippen molar-refractivity contribution >= 4 is 11.8 Å². The molecule has 0 aliphatic heterocycles. The molecule has 0 bridgehead atoms. The molecule has 4 nitrogen and oxygen atoms in total. The summed E-state index contributed by atoms with van der Waals surface area (Å²) in [5.41, 5.74) is 4.48. The number of hydrogen-bond donors (Lipinski definition) is 1. The van der Waals surface area contributed by atoms with E-state index in [9.17, 15) is 9.90 Å². The third-order valence-corrected chi connectivity index (χ3v) is 7.42. The number of hydrogen-bond acceptors (Lipinski definition) is 4. The van der Waals surface area contributed by atoms with Crippen molar-refractivity contribution in [1.82, 2.24) is 9.78 Å². The predicted octanol–water partition coefficient (Wildman–Crippen LogP) is 7.60. The number of nitrogens with zero attached hydrogens (tertiary/aromatic N) is 2. The number of aryl methyl sites for hydroxylation is 4. The van der Waals surface area contributed by atoms with E-state index in [0.29, 0.717) is 10.6 Å². The van der Waals surface area contributed by atoms with Gasteiger partial charge in [0.15, 0.2) is 10.8 Å². The number of unbranched alkanes of at least 4 members (excludes halogenated alkanes) is 9. The Balaban J connectivity index is 2.03. The lowest BCUT2D eigenvalue weighted by Gasteiger charge is -2.17. The van der Waals surface area contributed by atoms with Crippen molar-refractivity contribution in [2.45, 2.75) is 110 Å². The second kappa shape index (κ2) is 14.5. The Morgan fingerprint density at radius 2 is 1.36 bits per heavy atom. The van der Waals surface area contributed by atoms with E-state index in [1.165, 1.54) is 68.0 Å². The van der Waals surface area contributed by atoms with Crippen molar-refractivity contribution in [1.29, 1.82) is 0 Å². The maximum absolute atomic E-state index is 13.1. The molecule has 0 saturated carbocycles. The Labute approximate surface area is 205 Å². The Kier molecular flexibility index (Phi) is 12.1. The van der Waals surface area contributed by atoms with Crippen molar-refractivity contribution in [3.05, 3.63) is 39.2 Å². The van der Waals surface area contributed by atoms with Crippen molar-refractivity contribution in [3.8, 4) is 16.9 Å². The summed E-state index contributed by atoms with van der Waals surface area (Å²) in [5, 5.41) is 16.1. The summed E-state index contributed by atoms with van der Waals surface area (Å²) in [6.45, 7) is 8.54. The van der Waals surface area contributed by atoms with Gasteiger partial charge in [0.2, 0.25) is 0 Å². The molecule has 0 radical (unpaired) electrons. The zero-order valence-corrected chi connectivity index (χ0v) is 22.3. The average Bonchev–Trinajstić information content (AvgIpc) is 2.81. The van der Waals surface area contributed by atoms with Gasteiger partial charge in [-0.2, -0.15) is 5.10 Å². The van der Waals surface area contributed by atoms with Crippen LogP contribution in [0.5, 0.6) is 5.75 Å². The largest absolute Gasteiger partial charge is 0.504 e. The van der Waals surface area contributed by atoms with Crippen LogP contribution in [-0.2, 0) is 19.9 Å². The SMILES string of the molecule is CCCCCCCCCCCCSc1nn(C)c(=O)c(-c2c(CC)cc(C)cc2CC)c1O. The van der Waals surface area contributed by atoms with E-state index in [1.54, 1.807) is 18.8 Å². The first-order valence-corrected chi connectivity index (χ1v) is 14.0. The number of aromatic nitrogens is 2. The van der Waals surface area contributed by atoms with E-state index < -0.39 is 0 Å². The molecule has 1 N–H and O–H groups in total. The van der Waals surface area contributed by atoms with Gasteiger partial charge >= 0.3 is 0 Å². The number of aromatic hydroxyl groups is 1. The molecular formula is C28H44N2O2S. The molecule has 0 aliphatic rings. The van der Waals surface area contributed by atoms with Crippen LogP contribution in [0, 0.1) is 6.92 Å². The Hall–Kier alpha value is -1.75. The minimum absolute atomic E-state index is 0.0448. The summed E-state index contributed by atoms with van der Waals surface area (Å²) < 4.78 is 1.38. The number of rotatable bonds is 15. The Bertz CT molecular complexity index is 911. The van der Waals surface area contributed by atoms with Crippen LogP contribution >= 0.6 is 11.8 Å². The number of benzene rings is 1. The van der Waals surface area contributed by atoms with Gasteiger partial charge in [-0.3, -0.25) is 4.79 Å². The van der Waals surface area contributed by atoms with Gasteiger partial charge in [-0.1, -0.05) is 96.3 Å². The van der Waals surface area contributed by atoms with Gasteiger partial charge in [0.1, 0.15) is 0 Å². The first kappa shape index (κ1) is 27.5. The quantitative estimate of drug-likeness (QED) is 0.214. The lowest BCUT2D eigenvalue weighted by molar-refractivity contribution is 0.446. The van der Waals surface area contributed by atoms with Crippen molar-refractivity contribution in [3.63, 3.8) is 0 Å². The molecule has 184 valence electrons. The third kappa shape index (κ3) is 7.91. The van der Waals surface area contributed by atoms with Crippen LogP contribution in [0.4, 0.5) is 0 Å². The van der Waals surface area contributed by atoms with E-state index in [-0.39, 0.29) is 11.3 Å². The van der Waals surface area contributed by atoms with Crippen LogP contribution in [0.3, 0.4) is 0 Å². The molecule has 0 fully saturated rings. The van der Waals surface area contributed by atoms with E-state index in [0.717, 1.165) is 41.7 Å². The molecule has 1 heterocycles. The molecule has 2 aromatic rings. The molecule has 1 aromatic carbocycles. The van der Waals surface area contributed by atoms with Crippen molar-refractivity contribution in [2.75, 3.05) is 5.75 Å². The smallest absolute Gasteiger partial charge is 0.278 e. The summed E-state index contributed by atoms with van der Waals surface area (Å²) in [4.78, 5) is 13.1. The Morgan fingerprint density at radius 1 is 0.848 bits per heavy atom. The highest BCUT2D eigenvalue weighted by Crippen LogP contribution is 2.38. The lowest BCUT2D eigenvalue weighted by Crippen LogP contribution is -2.23. The normalized spacial score (nSPS) is 11.3. The van der Waals surface area contributed by atoms with E-state index >= 15 is 0 Å². The highest BCUT2D eigenvalue weighted by Gasteiger charge is 2.22. The van der Waals surface area contributed by atoms with Gasteiger partial charge in [-0.05, 0) is 48.6 Å². The lowest BCUT2D eigenvalue weighted by atomic mass is 9.90. The van der Waals surface area contributed by atoms with Crippen molar-refractivity contribution < 1.29 is 5.11 Å². The number of thioether (sulfide) groups is 1. The van der Waals surface area contributed by atoms with E-state index in [4.69, 9.17) is 0 Å². The van der Waals surface area contributed by atoms with Gasteiger partial charge in [0.25, 0.3) is 5.56 Å². The molecule has 1 aromatic heterocycles. The molecule has 0 unspecified atom stereocenters. The maximum atomic E-state index is 13.1. The fraction of sp³-hybridized carbons (Fsp3) is 0.643. The predicted molar refractivity (Wildman–Crippen MR) is 143 cm³/mol. The van der Waals surface area contributed by atoms with Gasteiger partial charge in [0, 0.05) is 7.05 Å². The second-order valence-corrected chi connectivity index (χ2v) is 10.2. The summed E-state index contributed by atoms with van der Waals surface area (Å²) in [6.07, 6.45) is 14.7. The molecule has 0 amide bonds. The third-order valence-electron chi connectivity index (χ3n) is 6.38. The highest BCUT2D eigenvalue weighted by molar-refractivity contribution is 7.99. The zero-order chi connectivity index (χ0) is 24.2. The summed E-state index contributed by atoms with van der Waals surface area (Å²) in [7, 11) is 1.68. The summed E-state index contributed by atoms with van der Waals surface area (Å²) in [6, 6.07) is 4.26. The van der Waals surface area contributed by atoms with Crippen LogP contribution in [-0.4, -0.2) is 20.6 Å². The fourth-order valence-corrected chi connectivity index (χ4v) is 5.46. The van der Waals surface area contributed by atoms with Crippen LogP contribution in [0.15, 0.2) is 22.0 Å². The topological polar surface area (TPSA) is 55.1 Å². The van der Waals surface area contributed by atoms with Crippen LogP contribution < -0.4 is 5.56 Å². The standard InChI is InChI=1S/C28H44N2O2S/c1-6-9-10-11-12-13-14-15-16-17-18-33-27-26(31)25(28(32)30(5)29-27)24-22(7-2)19-21(4)20-23(24)8-3/h19-20,31H,6-18H2,1-5H3. The molecule has 5 heteroatoms. The van der Waals surface area contributed by atoms with E-state index in [2.05, 4.69) is 44.9 Å². The highest BCUT2D eigenvalue weighted by atomic mass is 32.2. The first-order chi connectivity index (χ1) is 15.9. The average molecular weight is 473 g/mol. The van der Waals surface area contributed by atoms with Gasteiger partial charge in [-0.15, -0.1) is 11.8 Å². The summed E-state index contributed by atoms with van der Waals surface area (Å²) in [5.74, 6) is 0.951. The molecule has 0 aliphatic carbocycles. The van der Waals surface area contributed by atoms with Gasteiger partial charge in [0.05, 0.1) is 5.56 Å². The minimum atomic E-state index is -0.232. The van der Waals surface area contributed by atoms with Gasteiger partial charge < -0.3 is 5.11 Å². The molecule has 0 spiro atoms. The maximum Gasteiger partial charge on any atom is 0.278 e. The zero-order valence-electron chi connectivity index (χ0n) is 21.5. The van der Waals surface area contributed by atoms with Gasteiger partial charge in [-0.25, -0.2) is 4.68 Å². The minimum Gasteiger partial charge on any atom is -0.504 e. The van der Waals surface area contributed by atoms with Crippen LogP contribution in [0.1, 0.15) is 102 Å². The molecular weight excluding hydrogens is 428 g/mol. The fourth-order valence-electron chi connectivity index (χ4n) is 4.50. The van der Waals surface area contributed by atoms with Crippen molar-refractivity contribution in [2.24, 2.45) is 7.05 Å². The van der Waals surface area contributed by atoms with Crippen LogP contribution in [0.25, 0.3) is 11.1 Å². The first-order valence-electron chi connectivity index (χ1n) is 13.0. The molecule has 0 saturated heterocycles. The monoisotopic (exact) mass is 472 g/mol. The molecule has 33 heavy (non-hydrogen) atoms.